The molecule has 0 saturated carbocycles. The third-order valence-corrected chi connectivity index (χ3v) is 20.8. The SMILES string of the molecule is CC(=O)C=C(C)O.CC(=O)C=C(C)O.CC(=O)C=C(C)O.CC(=O)C=C(C)O.CC(=O)C=C(C)O.Fc1c[c-]c(-n2c3ccccc3c3cccnc32)c(F)c1.Fc1cc[c-]c(-n2c3ccccc3c3cccnc32)c1.[C-]#[N+]c1cc[c-]c(-n2c3ccccc3c3cccnc32)c1.[Ir].[Ir].[Ir].[Ir].[Ir].[c-]1ccc2c(c1-n1c3ccccc3c3cccnc31)CCCC2.[c-]1ncccc1-n1c2ccccc2c2cccnc21. The van der Waals surface area contributed by atoms with E-state index in [1.165, 1.54) is 170 Å². The molecule has 1 aliphatic carbocycles. The zero-order valence-electron chi connectivity index (χ0n) is 79.4. The molecule has 5 N–H and O–H groups in total. The zero-order valence-corrected chi connectivity index (χ0v) is 91.3. The van der Waals surface area contributed by atoms with Crippen LogP contribution in [-0.4, -0.2) is 107 Å². The molecule has 0 unspecified atom stereocenters. The minimum absolute atomic E-state index is 0. The van der Waals surface area contributed by atoms with Crippen LogP contribution >= 0.6 is 0 Å². The van der Waals surface area contributed by atoms with Gasteiger partial charge in [0.1, 0.15) is 28.2 Å². The van der Waals surface area contributed by atoms with Crippen molar-refractivity contribution in [3.05, 3.63) is 422 Å². The first-order valence-corrected chi connectivity index (χ1v) is 43.9. The molecule has 21 rings (SSSR count). The average molecular weight is 2810 g/mol. The molecule has 22 nitrogen and oxygen atoms in total. The molecule has 743 valence electrons. The molecule has 0 bridgehead atoms. The molecule has 5 radical (unpaired) electrons. The number of allylic oxidation sites excluding steroid dienone is 10. The molecule has 144 heavy (non-hydrogen) atoms. The van der Waals surface area contributed by atoms with E-state index in [0.717, 1.165) is 112 Å². The van der Waals surface area contributed by atoms with Gasteiger partial charge in [0, 0.05) is 233 Å². The van der Waals surface area contributed by atoms with E-state index in [1.54, 1.807) is 47.6 Å². The Bertz CT molecular complexity index is 7680. The van der Waals surface area contributed by atoms with Crippen LogP contribution in [0.3, 0.4) is 0 Å². The van der Waals surface area contributed by atoms with Crippen LogP contribution < -0.4 is 0 Å². The first-order valence-electron chi connectivity index (χ1n) is 43.9. The number of aryl methyl sites for hydroxylation is 1. The molecule has 0 fully saturated rings. The number of para-hydroxylation sites is 5. The predicted molar refractivity (Wildman–Crippen MR) is 543 cm³/mol. The fourth-order valence-corrected chi connectivity index (χ4v) is 15.8. The van der Waals surface area contributed by atoms with Crippen LogP contribution in [0.5, 0.6) is 0 Å². The largest absolute Gasteiger partial charge is 0.512 e. The van der Waals surface area contributed by atoms with Gasteiger partial charge in [-0.05, 0) is 172 Å². The van der Waals surface area contributed by atoms with Gasteiger partial charge in [0.2, 0.25) is 0 Å². The number of halogens is 3. The van der Waals surface area contributed by atoms with Crippen LogP contribution in [0.25, 0.3) is 143 Å². The van der Waals surface area contributed by atoms with Gasteiger partial charge in [0.15, 0.2) is 28.9 Å². The van der Waals surface area contributed by atoms with Crippen LogP contribution in [0, 0.1) is 54.5 Å². The number of aromatic nitrogens is 11. The molecule has 11 heterocycles. The maximum Gasteiger partial charge on any atom is 0.155 e. The van der Waals surface area contributed by atoms with E-state index in [2.05, 4.69) is 164 Å². The molecule has 0 amide bonds. The normalized spacial score (nSPS) is 11.3. The maximum absolute atomic E-state index is 14.1. The number of aliphatic hydroxyl groups excluding tert-OH is 5. The smallest absolute Gasteiger partial charge is 0.155 e. The van der Waals surface area contributed by atoms with Crippen molar-refractivity contribution in [3.8, 4) is 28.4 Å². The molecule has 30 heteroatoms. The van der Waals surface area contributed by atoms with E-state index in [-0.39, 0.29) is 170 Å². The summed E-state index contributed by atoms with van der Waals surface area (Å²) in [5.41, 5.74) is 16.8. The van der Waals surface area contributed by atoms with Crippen LogP contribution in [0.2, 0.25) is 0 Å². The molecule has 1 aliphatic rings. The van der Waals surface area contributed by atoms with Crippen molar-refractivity contribution in [3.63, 3.8) is 0 Å². The second-order valence-corrected chi connectivity index (χ2v) is 31.7. The van der Waals surface area contributed by atoms with Gasteiger partial charge in [-0.1, -0.05) is 146 Å². The molecule has 20 aromatic rings. The molecule has 9 aromatic carbocycles. The van der Waals surface area contributed by atoms with Crippen molar-refractivity contribution >= 4 is 144 Å². The Morgan fingerprint density at radius 1 is 0.326 bits per heavy atom. The number of pyridine rings is 6. The first kappa shape index (κ1) is 116. The fourth-order valence-electron chi connectivity index (χ4n) is 15.8. The van der Waals surface area contributed by atoms with Crippen molar-refractivity contribution in [1.29, 1.82) is 0 Å². The second kappa shape index (κ2) is 56.3. The Balaban J connectivity index is 0.000000224. The standard InChI is InChI=1S/C21H17N2.C18H10N3.C17H9F2N2.C17H10FN2.C16H10N3.5C5H8O2.5Ir/c1-2-9-16-15(7-1)8-5-13-19(16)23-20-12-4-3-10-17(20)18-11-6-14-22-21(18)23;1-19-13-6-4-7-14(12-13)21-17-10-3-2-8-15(17)16-9-5-11-20-18(16)21;18-11-7-8-16(14(19)10-11)21-15-6-2-1-4-12(15)13-5-3-9-20-17(13)21;18-12-5-3-6-13(11-12)20-16-9-2-1-7-14(16)15-8-4-10-19-17(15)20;1-2-8-15-13(6-1)14-7-4-10-18-16(14)19(15)12-5-3-9-17-11-12;5*1-4(6)3-5(2)7;;;;;/h3-6,8,10-12,14H,1-2,7,9H2;2-6,8-12H;1-7,9-10H;1-5,7-11H;1-10H;5*3,6H,1-2H3;;;;;/q5*-1;;;;;;;;;;. The monoisotopic (exact) mass is 2810 g/mol. The summed E-state index contributed by atoms with van der Waals surface area (Å²) in [6.07, 6.45) is 24.4. The fraction of sp³-hybridized carbons (Fsp3) is 0.123. The predicted octanol–water partition coefficient (Wildman–Crippen LogP) is 26.3. The summed E-state index contributed by atoms with van der Waals surface area (Å²) in [5.74, 6) is -1.90. The Hall–Kier alpha value is -14.5. The van der Waals surface area contributed by atoms with Crippen molar-refractivity contribution in [2.24, 2.45) is 0 Å². The third-order valence-electron chi connectivity index (χ3n) is 20.8. The van der Waals surface area contributed by atoms with E-state index in [1.807, 2.05) is 144 Å². The van der Waals surface area contributed by atoms with Gasteiger partial charge in [-0.25, -0.2) is 29.3 Å². The number of benzene rings is 9. The summed E-state index contributed by atoms with van der Waals surface area (Å²) in [5, 5.41) is 52.9. The number of ketones is 5. The Morgan fingerprint density at radius 2 is 0.632 bits per heavy atom. The Kier molecular flexibility index (Phi) is 45.6. The van der Waals surface area contributed by atoms with Crippen LogP contribution in [0.4, 0.5) is 18.9 Å². The average Bonchev–Trinajstić information content (AvgIpc) is 1.59. The maximum atomic E-state index is 14.1. The van der Waals surface area contributed by atoms with E-state index in [0.29, 0.717) is 17.0 Å². The van der Waals surface area contributed by atoms with Gasteiger partial charge >= 0.3 is 0 Å². The quantitative estimate of drug-likeness (QED) is 0.0483. The molecular formula is C114H96F3Ir5N12O10-5. The zero-order chi connectivity index (χ0) is 99.3. The first-order chi connectivity index (χ1) is 67.0. The number of nitrogens with zero attached hydrogens (tertiary/aromatic N) is 12. The molecule has 11 aromatic heterocycles. The number of aliphatic hydroxyl groups is 5. The molecular weight excluding hydrogens is 2720 g/mol. The molecule has 0 aliphatic heterocycles. The van der Waals surface area contributed by atoms with E-state index < -0.39 is 11.6 Å². The van der Waals surface area contributed by atoms with Gasteiger partial charge in [0.05, 0.1) is 68.6 Å². The van der Waals surface area contributed by atoms with Gasteiger partial charge < -0.3 is 53.4 Å². The summed E-state index contributed by atoms with van der Waals surface area (Å²) in [6.45, 7) is 21.4. The summed E-state index contributed by atoms with van der Waals surface area (Å²) >= 11 is 0. The van der Waals surface area contributed by atoms with Crippen molar-refractivity contribution in [2.75, 3.05) is 0 Å². The number of carbonyl (C=O) groups is 5. The number of hydrogen-bond donors (Lipinski definition) is 5. The Labute approximate surface area is 897 Å². The molecule has 0 spiro atoms. The minimum Gasteiger partial charge on any atom is -0.512 e. The topological polar surface area (TPSA) is 293 Å². The minimum atomic E-state index is -0.664. The number of fused-ring (bicyclic) bond motifs is 16. The molecule has 0 saturated heterocycles. The van der Waals surface area contributed by atoms with Crippen molar-refractivity contribution < 1.29 is 163 Å². The Morgan fingerprint density at radius 3 is 0.958 bits per heavy atom. The summed E-state index contributed by atoms with van der Waals surface area (Å²) in [7, 11) is 0. The van der Waals surface area contributed by atoms with Crippen molar-refractivity contribution in [1.82, 2.24) is 52.7 Å². The second-order valence-electron chi connectivity index (χ2n) is 31.7. The van der Waals surface area contributed by atoms with Gasteiger partial charge in [-0.3, -0.25) is 37.6 Å². The summed E-state index contributed by atoms with van der Waals surface area (Å²) < 4.78 is 50.8. The van der Waals surface area contributed by atoms with Gasteiger partial charge in [-0.2, -0.15) is 66.2 Å². The summed E-state index contributed by atoms with van der Waals surface area (Å²) in [6, 6.07) is 93.2. The van der Waals surface area contributed by atoms with Crippen LogP contribution in [0.1, 0.15) is 93.2 Å². The van der Waals surface area contributed by atoms with Crippen molar-refractivity contribution in [2.45, 2.75) is 94.9 Å². The third kappa shape index (κ3) is 30.3. The van der Waals surface area contributed by atoms with E-state index in [9.17, 15) is 37.1 Å². The number of rotatable bonds is 10. The van der Waals surface area contributed by atoms with E-state index in [4.69, 9.17) is 32.1 Å². The van der Waals surface area contributed by atoms with Gasteiger partial charge in [0.25, 0.3) is 0 Å². The number of hydrogen-bond acceptors (Lipinski definition) is 16. The van der Waals surface area contributed by atoms with E-state index >= 15 is 0 Å². The summed E-state index contributed by atoms with van der Waals surface area (Å²) in [4.78, 5) is 80.2. The van der Waals surface area contributed by atoms with Crippen LogP contribution in [0.15, 0.2) is 351 Å². The molecule has 0 atom stereocenters. The van der Waals surface area contributed by atoms with Gasteiger partial charge in [-0.15, -0.1) is 42.0 Å². The van der Waals surface area contributed by atoms with Crippen LogP contribution in [-0.2, 0) is 137 Å². The number of carbonyl (C=O) groups excluding carboxylic acids is 5.